The summed E-state index contributed by atoms with van der Waals surface area (Å²) in [4.78, 5) is 0. The number of hydrogen-bond acceptors (Lipinski definition) is 0. The van der Waals surface area contributed by atoms with Crippen LogP contribution in [0.3, 0.4) is 0 Å². The van der Waals surface area contributed by atoms with Crippen LogP contribution in [0.15, 0.2) is 59.7 Å². The van der Waals surface area contributed by atoms with Crippen molar-refractivity contribution in [3.8, 4) is 0 Å². The van der Waals surface area contributed by atoms with Crippen LogP contribution in [0.5, 0.6) is 0 Å². The van der Waals surface area contributed by atoms with E-state index in [1.54, 1.807) is 27.8 Å². The van der Waals surface area contributed by atoms with Gasteiger partial charge >= 0.3 is 0 Å². The standard InChI is InChI=1S/C17H22.C16H24/c1-3-13-9-10-15-12(2)14-7-5-4-6-8-16(14)17(15)11-13;1-3-14-10-12-16(2,13-11-14)15-8-6-4-5-7-9-15/h9-12H,3-8H2,1-2H3;4,6-9,14H,3,5,10-13H2,1-2H3/t12-;/m0./s1. The highest BCUT2D eigenvalue weighted by molar-refractivity contribution is 5.78. The summed E-state index contributed by atoms with van der Waals surface area (Å²) in [5, 5.41) is 0. The van der Waals surface area contributed by atoms with E-state index in [0.717, 1.165) is 18.8 Å². The molecule has 5 rings (SSSR count). The molecule has 0 N–H and O–H groups in total. The van der Waals surface area contributed by atoms with Gasteiger partial charge in [0, 0.05) is 5.92 Å². The third-order valence-corrected chi connectivity index (χ3v) is 9.07. The Morgan fingerprint density at radius 1 is 0.970 bits per heavy atom. The van der Waals surface area contributed by atoms with Gasteiger partial charge in [0.25, 0.3) is 0 Å². The van der Waals surface area contributed by atoms with Crippen molar-refractivity contribution in [2.45, 2.75) is 111 Å². The zero-order valence-corrected chi connectivity index (χ0v) is 21.8. The van der Waals surface area contributed by atoms with E-state index in [0.29, 0.717) is 11.3 Å². The maximum Gasteiger partial charge on any atom is 0.00318 e. The van der Waals surface area contributed by atoms with Crippen LogP contribution in [0.2, 0.25) is 0 Å². The largest absolute Gasteiger partial charge is 0.0807 e. The van der Waals surface area contributed by atoms with Gasteiger partial charge in [0.2, 0.25) is 0 Å². The Morgan fingerprint density at radius 2 is 1.76 bits per heavy atom. The van der Waals surface area contributed by atoms with Crippen molar-refractivity contribution >= 4 is 5.57 Å². The zero-order chi connectivity index (χ0) is 23.3. The summed E-state index contributed by atoms with van der Waals surface area (Å²) < 4.78 is 0. The quantitative estimate of drug-likeness (QED) is 0.437. The van der Waals surface area contributed by atoms with Crippen LogP contribution in [-0.2, 0) is 6.42 Å². The fourth-order valence-electron chi connectivity index (χ4n) is 6.53. The minimum Gasteiger partial charge on any atom is -0.0807 e. The highest BCUT2D eigenvalue weighted by atomic mass is 14.4. The predicted molar refractivity (Wildman–Crippen MR) is 146 cm³/mol. The molecule has 178 valence electrons. The first-order valence-electron chi connectivity index (χ1n) is 13.9. The molecule has 0 unspecified atom stereocenters. The summed E-state index contributed by atoms with van der Waals surface area (Å²) in [6, 6.07) is 7.16. The minimum atomic E-state index is 0.441. The molecule has 0 amide bonds. The summed E-state index contributed by atoms with van der Waals surface area (Å²) in [7, 11) is 0. The first kappa shape index (κ1) is 24.3. The minimum absolute atomic E-state index is 0.441. The Morgan fingerprint density at radius 3 is 2.52 bits per heavy atom. The first-order valence-corrected chi connectivity index (χ1v) is 13.9. The van der Waals surface area contributed by atoms with E-state index >= 15 is 0 Å². The Bertz CT molecular complexity index is 927. The van der Waals surface area contributed by atoms with Gasteiger partial charge in [-0.2, -0.15) is 0 Å². The molecule has 1 aromatic rings. The topological polar surface area (TPSA) is 0 Å². The monoisotopic (exact) mass is 442 g/mol. The molecule has 0 heterocycles. The van der Waals surface area contributed by atoms with Crippen LogP contribution in [0.25, 0.3) is 5.57 Å². The van der Waals surface area contributed by atoms with Crippen molar-refractivity contribution in [2.24, 2.45) is 11.3 Å². The molecule has 4 aliphatic rings. The first-order chi connectivity index (χ1) is 16.1. The zero-order valence-electron chi connectivity index (χ0n) is 21.8. The van der Waals surface area contributed by atoms with Gasteiger partial charge in [0.1, 0.15) is 0 Å². The number of rotatable bonds is 3. The van der Waals surface area contributed by atoms with Crippen LogP contribution in [0.1, 0.15) is 121 Å². The van der Waals surface area contributed by atoms with Crippen LogP contribution < -0.4 is 0 Å². The van der Waals surface area contributed by atoms with Gasteiger partial charge in [-0.3, -0.25) is 0 Å². The number of fused-ring (bicyclic) bond motifs is 2. The summed E-state index contributed by atoms with van der Waals surface area (Å²) in [5.41, 5.74) is 10.1. The van der Waals surface area contributed by atoms with Crippen molar-refractivity contribution in [3.05, 3.63) is 76.4 Å². The van der Waals surface area contributed by atoms with Crippen LogP contribution in [0.4, 0.5) is 0 Å². The van der Waals surface area contributed by atoms with E-state index in [9.17, 15) is 0 Å². The summed E-state index contributed by atoms with van der Waals surface area (Å²) in [6.45, 7) is 9.44. The molecule has 0 saturated heterocycles. The summed E-state index contributed by atoms with van der Waals surface area (Å²) in [5.74, 6) is 1.67. The third kappa shape index (κ3) is 5.47. The lowest BCUT2D eigenvalue weighted by atomic mass is 9.67. The van der Waals surface area contributed by atoms with Gasteiger partial charge in [0.05, 0.1) is 0 Å². The molecule has 33 heavy (non-hydrogen) atoms. The van der Waals surface area contributed by atoms with Gasteiger partial charge in [0.15, 0.2) is 0 Å². The maximum absolute atomic E-state index is 2.46. The number of aryl methyl sites for hydroxylation is 1. The lowest BCUT2D eigenvalue weighted by Gasteiger charge is -2.38. The molecule has 0 radical (unpaired) electrons. The molecule has 1 saturated carbocycles. The van der Waals surface area contributed by atoms with Gasteiger partial charge in [-0.1, -0.05) is 94.7 Å². The number of hydrogen-bond donors (Lipinski definition) is 0. The van der Waals surface area contributed by atoms with Crippen molar-refractivity contribution < 1.29 is 0 Å². The molecular formula is C33H46. The highest BCUT2D eigenvalue weighted by Gasteiger charge is 2.32. The molecule has 4 aliphatic carbocycles. The molecule has 1 atom stereocenters. The third-order valence-electron chi connectivity index (χ3n) is 9.07. The van der Waals surface area contributed by atoms with Gasteiger partial charge in [-0.25, -0.2) is 0 Å². The van der Waals surface area contributed by atoms with Crippen LogP contribution in [0, 0.1) is 11.3 Å². The second-order valence-corrected chi connectivity index (χ2v) is 11.2. The van der Waals surface area contributed by atoms with E-state index in [1.807, 2.05) is 0 Å². The molecule has 0 nitrogen and oxygen atoms in total. The molecule has 0 spiro atoms. The molecule has 0 heteroatoms. The number of allylic oxidation sites excluding steroid dienone is 8. The van der Waals surface area contributed by atoms with Gasteiger partial charge in [-0.05, 0) is 103 Å². The van der Waals surface area contributed by atoms with E-state index < -0.39 is 0 Å². The Labute approximate surface area is 204 Å². The summed E-state index contributed by atoms with van der Waals surface area (Å²) in [6.07, 6.45) is 27.5. The van der Waals surface area contributed by atoms with Crippen molar-refractivity contribution in [1.29, 1.82) is 0 Å². The SMILES string of the molecule is CCC1CCC(C)(C2=CC=CCC=C2)CC1.CCc1ccc2c(c1)C1=C(CCCCC1)[C@@H]2C. The van der Waals surface area contributed by atoms with E-state index in [1.165, 1.54) is 69.8 Å². The predicted octanol–water partition coefficient (Wildman–Crippen LogP) is 10.1. The van der Waals surface area contributed by atoms with Crippen LogP contribution >= 0.6 is 0 Å². The molecule has 1 fully saturated rings. The molecule has 1 aromatic carbocycles. The number of benzene rings is 1. The average Bonchev–Trinajstić information content (AvgIpc) is 3.15. The molecule has 0 aromatic heterocycles. The lowest BCUT2D eigenvalue weighted by Crippen LogP contribution is -2.25. The smallest absolute Gasteiger partial charge is 0.00318 e. The van der Waals surface area contributed by atoms with Crippen molar-refractivity contribution in [2.75, 3.05) is 0 Å². The molecular weight excluding hydrogens is 396 g/mol. The second kappa shape index (κ2) is 11.1. The van der Waals surface area contributed by atoms with Gasteiger partial charge < -0.3 is 0 Å². The fraction of sp³-hybridized carbons (Fsp3) is 0.576. The van der Waals surface area contributed by atoms with E-state index in [4.69, 9.17) is 0 Å². The molecule has 0 bridgehead atoms. The Balaban J connectivity index is 0.000000157. The Kier molecular flexibility index (Phi) is 8.15. The van der Waals surface area contributed by atoms with E-state index in [2.05, 4.69) is 76.3 Å². The Hall–Kier alpha value is -1.82. The van der Waals surface area contributed by atoms with Crippen molar-refractivity contribution in [3.63, 3.8) is 0 Å². The highest BCUT2D eigenvalue weighted by Crippen LogP contribution is 2.48. The van der Waals surface area contributed by atoms with Crippen LogP contribution in [-0.4, -0.2) is 0 Å². The fourth-order valence-corrected chi connectivity index (χ4v) is 6.53. The molecule has 0 aliphatic heterocycles. The average molecular weight is 443 g/mol. The summed E-state index contributed by atoms with van der Waals surface area (Å²) >= 11 is 0. The normalized spacial score (nSPS) is 28.8. The maximum atomic E-state index is 2.46. The second-order valence-electron chi connectivity index (χ2n) is 11.2. The lowest BCUT2D eigenvalue weighted by molar-refractivity contribution is 0.209. The van der Waals surface area contributed by atoms with E-state index in [-0.39, 0.29) is 0 Å². The van der Waals surface area contributed by atoms with Crippen molar-refractivity contribution in [1.82, 2.24) is 0 Å². The van der Waals surface area contributed by atoms with Gasteiger partial charge in [-0.15, -0.1) is 0 Å².